The maximum absolute atomic E-state index is 12.0. The van der Waals surface area contributed by atoms with Gasteiger partial charge in [-0.2, -0.15) is 8.42 Å². The van der Waals surface area contributed by atoms with Crippen LogP contribution in [0.1, 0.15) is 109 Å². The molecule has 4 atom stereocenters. The summed E-state index contributed by atoms with van der Waals surface area (Å²) < 4.78 is 46.3. The predicted molar refractivity (Wildman–Crippen MR) is 138 cm³/mol. The van der Waals surface area contributed by atoms with Gasteiger partial charge >= 0.3 is 16.4 Å². The van der Waals surface area contributed by atoms with E-state index in [1.54, 1.807) is 0 Å². The normalized spacial score (nSPS) is 24.1. The Morgan fingerprint density at radius 2 is 1.50 bits per heavy atom. The third-order valence-electron chi connectivity index (χ3n) is 7.11. The van der Waals surface area contributed by atoms with Crippen molar-refractivity contribution in [2.75, 3.05) is 0 Å². The monoisotopic (exact) mass is 524 g/mol. The zero-order chi connectivity index (χ0) is 25.6. The lowest BCUT2D eigenvalue weighted by molar-refractivity contribution is -0.148. The Labute approximate surface area is 217 Å². The number of carbonyl (C=O) groups excluding carboxylic acids is 1. The predicted octanol–water partition coefficient (Wildman–Crippen LogP) is 6.40. The second-order valence-corrected chi connectivity index (χ2v) is 11.3. The van der Waals surface area contributed by atoms with Crippen molar-refractivity contribution in [1.82, 2.24) is 0 Å². The smallest absolute Gasteiger partial charge is 0.400 e. The van der Waals surface area contributed by atoms with Gasteiger partial charge in [-0.25, -0.2) is 8.37 Å². The van der Waals surface area contributed by atoms with Crippen LogP contribution in [0.3, 0.4) is 0 Å². The Hall–Kier alpha value is -1.48. The number of rotatable bonds is 18. The number of hydrogen-bond acceptors (Lipinski definition) is 7. The number of unbranched alkanes of at least 4 members (excludes halogenated alkanes) is 9. The van der Waals surface area contributed by atoms with Crippen LogP contribution in [-0.2, 0) is 39.6 Å². The summed E-state index contributed by atoms with van der Waals surface area (Å²) in [6.07, 6.45) is 13.3. The molecule has 3 rings (SSSR count). The van der Waals surface area contributed by atoms with Gasteiger partial charge in [0.05, 0.1) is 12.7 Å². The van der Waals surface area contributed by atoms with Gasteiger partial charge in [0.15, 0.2) is 0 Å². The molecule has 8 heteroatoms. The van der Waals surface area contributed by atoms with Crippen LogP contribution in [0.15, 0.2) is 30.3 Å². The molecule has 2 fully saturated rings. The Morgan fingerprint density at radius 3 is 2.11 bits per heavy atom. The van der Waals surface area contributed by atoms with Crippen molar-refractivity contribution in [2.24, 2.45) is 0 Å². The lowest BCUT2D eigenvalue weighted by Gasteiger charge is -2.24. The Balaban J connectivity index is 1.42. The summed E-state index contributed by atoms with van der Waals surface area (Å²) in [5.74, 6) is -0.213. The fraction of sp³-hybridized carbons (Fsp3) is 0.750. The van der Waals surface area contributed by atoms with Crippen LogP contribution >= 0.6 is 0 Å². The maximum Gasteiger partial charge on any atom is 0.400 e. The van der Waals surface area contributed by atoms with Gasteiger partial charge in [-0.15, -0.1) is 0 Å². The minimum absolute atomic E-state index is 0.213. The molecule has 0 bridgehead atoms. The third kappa shape index (κ3) is 10.5. The van der Waals surface area contributed by atoms with Crippen molar-refractivity contribution in [3.05, 3.63) is 35.9 Å². The summed E-state index contributed by atoms with van der Waals surface area (Å²) in [6.45, 7) is 2.64. The molecular weight excluding hydrogens is 480 g/mol. The molecule has 0 amide bonds. The van der Waals surface area contributed by atoms with Crippen LogP contribution in [-0.4, -0.2) is 38.8 Å². The molecule has 0 aliphatic carbocycles. The van der Waals surface area contributed by atoms with Crippen molar-refractivity contribution in [3.8, 4) is 0 Å². The van der Waals surface area contributed by atoms with Crippen LogP contribution in [0.4, 0.5) is 0 Å². The van der Waals surface area contributed by atoms with Gasteiger partial charge in [-0.3, -0.25) is 4.79 Å². The number of cyclic esters (lactones) is 1. The molecule has 2 aliphatic rings. The molecule has 0 saturated carbocycles. The van der Waals surface area contributed by atoms with Crippen LogP contribution in [0.5, 0.6) is 0 Å². The highest BCUT2D eigenvalue weighted by Crippen LogP contribution is 2.31. The lowest BCUT2D eigenvalue weighted by atomic mass is 9.97. The van der Waals surface area contributed by atoms with E-state index < -0.39 is 22.6 Å². The number of benzene rings is 1. The number of carbonyl (C=O) groups is 1. The van der Waals surface area contributed by atoms with E-state index in [2.05, 4.69) is 6.92 Å². The highest BCUT2D eigenvalue weighted by molar-refractivity contribution is 7.82. The maximum atomic E-state index is 12.0. The van der Waals surface area contributed by atoms with E-state index in [0.717, 1.165) is 18.4 Å². The molecule has 0 unspecified atom stereocenters. The molecule has 0 aromatic heterocycles. The fourth-order valence-corrected chi connectivity index (χ4v) is 6.13. The van der Waals surface area contributed by atoms with Gasteiger partial charge < -0.3 is 9.47 Å². The minimum atomic E-state index is -3.96. The second-order valence-electron chi connectivity index (χ2n) is 10.1. The molecule has 0 radical (unpaired) electrons. The Morgan fingerprint density at radius 1 is 0.889 bits per heavy atom. The summed E-state index contributed by atoms with van der Waals surface area (Å²) in [4.78, 5) is 11.7. The molecular formula is C28H44O7S. The first-order chi connectivity index (χ1) is 17.5. The summed E-state index contributed by atoms with van der Waals surface area (Å²) in [6, 6.07) is 9.83. The minimum Gasteiger partial charge on any atom is -0.460 e. The SMILES string of the molecule is CCCCCCCCCCCC[C@@H]1OS(=O)(=O)O[C@@H]1CC[C@@H](OCc1ccccc1)[C@H]1CCC(=O)O1. The van der Waals surface area contributed by atoms with Gasteiger partial charge in [0.25, 0.3) is 0 Å². The highest BCUT2D eigenvalue weighted by Gasteiger charge is 2.41. The Kier molecular flexibility index (Phi) is 12.7. The van der Waals surface area contributed by atoms with Crippen LogP contribution in [0, 0.1) is 0 Å². The van der Waals surface area contributed by atoms with Crippen LogP contribution in [0.25, 0.3) is 0 Å². The molecule has 2 aliphatic heterocycles. The first kappa shape index (κ1) is 29.1. The number of esters is 1. The van der Waals surface area contributed by atoms with Crippen molar-refractivity contribution in [1.29, 1.82) is 0 Å². The van der Waals surface area contributed by atoms with Crippen LogP contribution < -0.4 is 0 Å². The first-order valence-electron chi connectivity index (χ1n) is 13.9. The van der Waals surface area contributed by atoms with E-state index in [1.807, 2.05) is 30.3 Å². The molecule has 0 N–H and O–H groups in total. The molecule has 7 nitrogen and oxygen atoms in total. The standard InChI is InChI=1S/C28H44O7S/c1-2-3-4-5-6-7-8-9-10-14-17-26-27(35-36(30,31)34-26)19-18-24(25-20-21-28(29)33-25)32-22-23-15-12-11-13-16-23/h11-13,15-16,24-27H,2-10,14,17-22H2,1H3/t24-,25-,26+,27-/m1/s1. The van der Waals surface area contributed by atoms with Gasteiger partial charge in [0, 0.05) is 6.42 Å². The van der Waals surface area contributed by atoms with E-state index in [-0.39, 0.29) is 18.2 Å². The van der Waals surface area contributed by atoms with Gasteiger partial charge in [-0.1, -0.05) is 101 Å². The molecule has 1 aromatic rings. The van der Waals surface area contributed by atoms with E-state index in [0.29, 0.717) is 38.7 Å². The Bertz CT molecular complexity index is 858. The third-order valence-corrected chi connectivity index (χ3v) is 8.08. The van der Waals surface area contributed by atoms with Crippen LogP contribution in [0.2, 0.25) is 0 Å². The van der Waals surface area contributed by atoms with E-state index in [9.17, 15) is 13.2 Å². The van der Waals surface area contributed by atoms with Gasteiger partial charge in [0.1, 0.15) is 18.3 Å². The van der Waals surface area contributed by atoms with Crippen molar-refractivity contribution < 1.29 is 31.1 Å². The van der Waals surface area contributed by atoms with Gasteiger partial charge in [0.2, 0.25) is 0 Å². The first-order valence-corrected chi connectivity index (χ1v) is 15.3. The van der Waals surface area contributed by atoms with E-state index >= 15 is 0 Å². The summed E-state index contributed by atoms with van der Waals surface area (Å²) in [5, 5.41) is 0. The number of ether oxygens (including phenoxy) is 2. The summed E-state index contributed by atoms with van der Waals surface area (Å²) in [5.41, 5.74) is 1.04. The molecule has 36 heavy (non-hydrogen) atoms. The van der Waals surface area contributed by atoms with E-state index in [4.69, 9.17) is 17.8 Å². The lowest BCUT2D eigenvalue weighted by Crippen LogP contribution is -2.32. The molecule has 2 saturated heterocycles. The summed E-state index contributed by atoms with van der Waals surface area (Å²) in [7, 11) is -3.96. The fourth-order valence-electron chi connectivity index (χ4n) is 5.04. The van der Waals surface area contributed by atoms with Crippen molar-refractivity contribution >= 4 is 16.4 Å². The van der Waals surface area contributed by atoms with Crippen molar-refractivity contribution in [3.63, 3.8) is 0 Å². The quantitative estimate of drug-likeness (QED) is 0.162. The zero-order valence-electron chi connectivity index (χ0n) is 21.8. The average molecular weight is 525 g/mol. The van der Waals surface area contributed by atoms with Gasteiger partial charge in [-0.05, 0) is 31.2 Å². The second kappa shape index (κ2) is 15.7. The summed E-state index contributed by atoms with van der Waals surface area (Å²) >= 11 is 0. The number of hydrogen-bond donors (Lipinski definition) is 0. The van der Waals surface area contributed by atoms with E-state index in [1.165, 1.54) is 51.4 Å². The average Bonchev–Trinajstić information content (AvgIpc) is 3.42. The molecule has 1 aromatic carbocycles. The molecule has 204 valence electrons. The zero-order valence-corrected chi connectivity index (χ0v) is 22.6. The molecule has 2 heterocycles. The molecule has 0 spiro atoms. The largest absolute Gasteiger partial charge is 0.460 e. The highest BCUT2D eigenvalue weighted by atomic mass is 32.3. The topological polar surface area (TPSA) is 88.1 Å². The van der Waals surface area contributed by atoms with Crippen molar-refractivity contribution in [2.45, 2.75) is 134 Å².